The Kier molecular flexibility index (Phi) is 3.67. The van der Waals surface area contributed by atoms with Crippen molar-refractivity contribution < 1.29 is 0 Å². The summed E-state index contributed by atoms with van der Waals surface area (Å²) in [6.07, 6.45) is 0.723. The minimum Gasteiger partial charge on any atom is -0.159 e. The Balaban J connectivity index is 2.13. The van der Waals surface area contributed by atoms with Crippen LogP contribution in [0.3, 0.4) is 0 Å². The number of hydrogen-bond donors (Lipinski definition) is 0. The van der Waals surface area contributed by atoms with E-state index in [4.69, 9.17) is 0 Å². The first kappa shape index (κ1) is 14.7. The second kappa shape index (κ2) is 5.00. The third-order valence-electron chi connectivity index (χ3n) is 3.24. The number of rotatable bonds is 2. The molecule has 108 valence electrons. The van der Waals surface area contributed by atoms with Crippen molar-refractivity contribution in [2.45, 2.75) is 58.9 Å². The van der Waals surface area contributed by atoms with E-state index in [0.29, 0.717) is 0 Å². The zero-order chi connectivity index (χ0) is 15.0. The Morgan fingerprint density at radius 2 is 1.55 bits per heavy atom. The second-order valence-corrected chi connectivity index (χ2v) is 7.29. The van der Waals surface area contributed by atoms with Gasteiger partial charge in [0, 0.05) is 6.42 Å². The Labute approximate surface area is 121 Å². The van der Waals surface area contributed by atoms with Gasteiger partial charge in [-0.1, -0.05) is 45.0 Å². The monoisotopic (exact) mass is 272 g/mol. The van der Waals surface area contributed by atoms with Crippen molar-refractivity contribution in [3.8, 4) is 0 Å². The lowest BCUT2D eigenvalue weighted by Gasteiger charge is -2.19. The molecule has 0 unspecified atom stereocenters. The van der Waals surface area contributed by atoms with Crippen molar-refractivity contribution in [1.82, 2.24) is 20.2 Å². The fourth-order valence-electron chi connectivity index (χ4n) is 1.90. The molecule has 4 heteroatoms. The highest BCUT2D eigenvalue weighted by molar-refractivity contribution is 5.28. The molecule has 2 rings (SSSR count). The maximum atomic E-state index is 4.44. The van der Waals surface area contributed by atoms with E-state index in [-0.39, 0.29) is 11.0 Å². The van der Waals surface area contributed by atoms with Gasteiger partial charge in [0.2, 0.25) is 0 Å². The van der Waals surface area contributed by atoms with Gasteiger partial charge in [-0.05, 0) is 42.5 Å². The molecule has 0 fully saturated rings. The van der Waals surface area contributed by atoms with Gasteiger partial charge in [-0.15, -0.1) is 10.2 Å². The molecule has 0 spiro atoms. The fraction of sp³-hybridized carbons (Fsp3) is 0.562. The van der Waals surface area contributed by atoms with Crippen LogP contribution in [0.5, 0.6) is 0 Å². The second-order valence-electron chi connectivity index (χ2n) is 7.29. The third kappa shape index (κ3) is 3.44. The molecule has 0 saturated heterocycles. The molecular formula is C16H24N4. The van der Waals surface area contributed by atoms with Crippen LogP contribution in [0.25, 0.3) is 0 Å². The van der Waals surface area contributed by atoms with Gasteiger partial charge in [0.15, 0.2) is 5.82 Å². The number of tetrazole rings is 1. The van der Waals surface area contributed by atoms with Crippen LogP contribution < -0.4 is 0 Å². The maximum Gasteiger partial charge on any atom is 0.179 e. The molecule has 0 saturated carbocycles. The molecule has 0 amide bonds. The minimum atomic E-state index is -0.124. The van der Waals surface area contributed by atoms with Gasteiger partial charge >= 0.3 is 0 Å². The zero-order valence-corrected chi connectivity index (χ0v) is 13.3. The highest BCUT2D eigenvalue weighted by atomic mass is 15.6. The first-order valence-corrected chi connectivity index (χ1v) is 7.05. The molecule has 0 bridgehead atoms. The van der Waals surface area contributed by atoms with Gasteiger partial charge in [0.25, 0.3) is 0 Å². The van der Waals surface area contributed by atoms with E-state index in [2.05, 4.69) is 81.2 Å². The van der Waals surface area contributed by atoms with Crippen LogP contribution >= 0.6 is 0 Å². The Bertz CT molecular complexity index is 568. The number of aromatic nitrogens is 4. The van der Waals surface area contributed by atoms with E-state index in [1.165, 1.54) is 11.1 Å². The molecule has 0 aliphatic carbocycles. The Morgan fingerprint density at radius 1 is 0.950 bits per heavy atom. The Morgan fingerprint density at radius 3 is 2.00 bits per heavy atom. The first-order chi connectivity index (χ1) is 9.16. The van der Waals surface area contributed by atoms with E-state index in [1.54, 1.807) is 4.80 Å². The van der Waals surface area contributed by atoms with Gasteiger partial charge < -0.3 is 0 Å². The number of nitrogens with zero attached hydrogens (tertiary/aromatic N) is 4. The quantitative estimate of drug-likeness (QED) is 0.842. The highest BCUT2D eigenvalue weighted by Gasteiger charge is 2.17. The smallest absolute Gasteiger partial charge is 0.159 e. The summed E-state index contributed by atoms with van der Waals surface area (Å²) < 4.78 is 0. The maximum absolute atomic E-state index is 4.44. The van der Waals surface area contributed by atoms with E-state index < -0.39 is 0 Å². The molecule has 0 aliphatic rings. The summed E-state index contributed by atoms with van der Waals surface area (Å²) in [4.78, 5) is 1.67. The summed E-state index contributed by atoms with van der Waals surface area (Å²) in [5, 5.41) is 12.7. The predicted octanol–water partition coefficient (Wildman–Crippen LogP) is 3.32. The van der Waals surface area contributed by atoms with Crippen LogP contribution in [-0.4, -0.2) is 20.2 Å². The summed E-state index contributed by atoms with van der Waals surface area (Å²) >= 11 is 0. The van der Waals surface area contributed by atoms with Crippen molar-refractivity contribution in [2.75, 3.05) is 0 Å². The molecule has 0 N–H and O–H groups in total. The lowest BCUT2D eigenvalue weighted by Crippen LogP contribution is -2.24. The molecule has 2 aromatic rings. The van der Waals surface area contributed by atoms with Crippen molar-refractivity contribution in [3.63, 3.8) is 0 Å². The highest BCUT2D eigenvalue weighted by Crippen LogP contribution is 2.22. The topological polar surface area (TPSA) is 43.6 Å². The predicted molar refractivity (Wildman–Crippen MR) is 80.8 cm³/mol. The summed E-state index contributed by atoms with van der Waals surface area (Å²) in [5.74, 6) is 0.767. The lowest BCUT2D eigenvalue weighted by molar-refractivity contribution is 0.305. The number of benzene rings is 1. The van der Waals surface area contributed by atoms with Crippen molar-refractivity contribution in [3.05, 3.63) is 41.2 Å². The molecule has 0 atom stereocenters. The normalized spacial score (nSPS) is 12.7. The minimum absolute atomic E-state index is 0.124. The molecule has 1 aromatic carbocycles. The van der Waals surface area contributed by atoms with Crippen LogP contribution in [0.1, 0.15) is 58.5 Å². The largest absolute Gasteiger partial charge is 0.179 e. The van der Waals surface area contributed by atoms with Crippen molar-refractivity contribution in [1.29, 1.82) is 0 Å². The van der Waals surface area contributed by atoms with Gasteiger partial charge in [-0.2, -0.15) is 4.80 Å². The first-order valence-electron chi connectivity index (χ1n) is 7.05. The van der Waals surface area contributed by atoms with E-state index in [1.807, 2.05) is 0 Å². The van der Waals surface area contributed by atoms with Crippen molar-refractivity contribution >= 4 is 0 Å². The van der Waals surface area contributed by atoms with Gasteiger partial charge in [0.05, 0.1) is 5.54 Å². The molecular weight excluding hydrogens is 248 g/mol. The summed E-state index contributed by atoms with van der Waals surface area (Å²) in [7, 11) is 0. The van der Waals surface area contributed by atoms with E-state index in [0.717, 1.165) is 12.2 Å². The lowest BCUT2D eigenvalue weighted by atomic mass is 9.86. The third-order valence-corrected chi connectivity index (χ3v) is 3.24. The SMILES string of the molecule is CC(C)(C)c1ccc(Cc2nnn(C(C)(C)C)n2)cc1. The Hall–Kier alpha value is -1.71. The average molecular weight is 272 g/mol. The molecule has 1 heterocycles. The van der Waals surface area contributed by atoms with Gasteiger partial charge in [-0.25, -0.2) is 0 Å². The molecule has 4 nitrogen and oxygen atoms in total. The van der Waals surface area contributed by atoms with Crippen LogP contribution in [-0.2, 0) is 17.4 Å². The van der Waals surface area contributed by atoms with Gasteiger partial charge in [-0.3, -0.25) is 0 Å². The summed E-state index contributed by atoms with van der Waals surface area (Å²) in [6.45, 7) is 12.9. The standard InChI is InChI=1S/C16H24N4/c1-15(2,3)13-9-7-12(8-10-13)11-14-17-19-20(18-14)16(4,5)6/h7-10H,11H2,1-6H3. The molecule has 20 heavy (non-hydrogen) atoms. The average Bonchev–Trinajstić information content (AvgIpc) is 2.77. The number of hydrogen-bond acceptors (Lipinski definition) is 3. The van der Waals surface area contributed by atoms with Crippen molar-refractivity contribution in [2.24, 2.45) is 0 Å². The van der Waals surface area contributed by atoms with Crippen LogP contribution in [0, 0.1) is 0 Å². The van der Waals surface area contributed by atoms with Gasteiger partial charge in [0.1, 0.15) is 0 Å². The van der Waals surface area contributed by atoms with E-state index in [9.17, 15) is 0 Å². The van der Waals surface area contributed by atoms with Crippen LogP contribution in [0.2, 0.25) is 0 Å². The molecule has 0 aliphatic heterocycles. The molecule has 1 aromatic heterocycles. The van der Waals surface area contributed by atoms with E-state index >= 15 is 0 Å². The molecule has 0 radical (unpaired) electrons. The fourth-order valence-corrected chi connectivity index (χ4v) is 1.90. The van der Waals surface area contributed by atoms with Crippen LogP contribution in [0.4, 0.5) is 0 Å². The summed E-state index contributed by atoms with van der Waals surface area (Å²) in [6, 6.07) is 8.67. The summed E-state index contributed by atoms with van der Waals surface area (Å²) in [5.41, 5.74) is 2.62. The zero-order valence-electron chi connectivity index (χ0n) is 13.3. The van der Waals surface area contributed by atoms with Crippen LogP contribution in [0.15, 0.2) is 24.3 Å².